The molecular weight excluding hydrogens is 106 g/mol. The minimum absolute atomic E-state index is 0.722. The van der Waals surface area contributed by atoms with Crippen molar-refractivity contribution < 1.29 is 9.90 Å². The summed E-state index contributed by atoms with van der Waals surface area (Å²) in [6.45, 7) is 2.92. The zero-order valence-electron chi connectivity index (χ0n) is 5.01. The van der Waals surface area contributed by atoms with Gasteiger partial charge >= 0.3 is 0 Å². The number of nitrogens with two attached hydrogens (primary N) is 1. The third-order valence-corrected chi connectivity index (χ3v) is 1.06. The Balaban J connectivity index is 3.91. The third-order valence-electron chi connectivity index (χ3n) is 1.06. The molecule has 3 heteroatoms. The molecule has 0 rings (SSSR count). The molecule has 0 aromatic carbocycles. The van der Waals surface area contributed by atoms with E-state index in [9.17, 15) is 4.79 Å². The molecule has 0 saturated heterocycles. The molecule has 0 bridgehead atoms. The van der Waals surface area contributed by atoms with Crippen LogP contribution in [0.4, 0.5) is 0 Å². The molecule has 1 atom stereocenters. The second-order valence-electron chi connectivity index (χ2n) is 1.80. The fourth-order valence-corrected chi connectivity index (χ4v) is 0.142. The van der Waals surface area contributed by atoms with E-state index in [2.05, 4.69) is 0 Å². The van der Waals surface area contributed by atoms with Gasteiger partial charge in [-0.15, -0.1) is 0 Å². The molecule has 0 fully saturated rings. The van der Waals surface area contributed by atoms with Crippen LogP contribution in [0.5, 0.6) is 0 Å². The Bertz CT molecular complexity index is 98.6. The van der Waals surface area contributed by atoms with Crippen LogP contribution in [0, 0.1) is 6.42 Å². The fourth-order valence-electron chi connectivity index (χ4n) is 0.142. The van der Waals surface area contributed by atoms with Crippen molar-refractivity contribution in [3.63, 3.8) is 0 Å². The lowest BCUT2D eigenvalue weighted by Crippen LogP contribution is -2.40. The molecule has 0 saturated carbocycles. The maximum atomic E-state index is 10.2. The summed E-state index contributed by atoms with van der Waals surface area (Å²) in [5.74, 6) is -0.722. The number of amides is 1. The van der Waals surface area contributed by atoms with E-state index in [1.807, 2.05) is 0 Å². The van der Waals surface area contributed by atoms with E-state index >= 15 is 0 Å². The summed E-state index contributed by atoms with van der Waals surface area (Å²) >= 11 is 0. The SMILES string of the molecule is C[CH][C@](C)(O)C(N)=O. The van der Waals surface area contributed by atoms with Crippen molar-refractivity contribution >= 4 is 5.91 Å². The number of carbonyl (C=O) groups excluding carboxylic acids is 1. The van der Waals surface area contributed by atoms with Crippen LogP contribution in [0.1, 0.15) is 13.8 Å². The zero-order chi connectivity index (χ0) is 6.78. The van der Waals surface area contributed by atoms with E-state index in [-0.39, 0.29) is 0 Å². The van der Waals surface area contributed by atoms with Crippen molar-refractivity contribution in [1.29, 1.82) is 0 Å². The molecule has 47 valence electrons. The molecule has 1 radical (unpaired) electrons. The van der Waals surface area contributed by atoms with Crippen molar-refractivity contribution in [2.45, 2.75) is 19.4 Å². The largest absolute Gasteiger partial charge is 0.380 e. The highest BCUT2D eigenvalue weighted by atomic mass is 16.3. The molecule has 0 aromatic heterocycles. The quantitative estimate of drug-likeness (QED) is 0.508. The second kappa shape index (κ2) is 2.13. The predicted octanol–water partition coefficient (Wildman–Crippen LogP) is -0.553. The Morgan fingerprint density at radius 2 is 2.25 bits per heavy atom. The highest BCUT2D eigenvalue weighted by Gasteiger charge is 2.24. The van der Waals surface area contributed by atoms with E-state index in [1.165, 1.54) is 13.3 Å². The van der Waals surface area contributed by atoms with Crippen LogP contribution in [-0.4, -0.2) is 16.6 Å². The molecule has 0 heterocycles. The Kier molecular flexibility index (Phi) is 1.98. The van der Waals surface area contributed by atoms with Crippen molar-refractivity contribution in [3.05, 3.63) is 6.42 Å². The molecule has 3 N–H and O–H groups in total. The second-order valence-corrected chi connectivity index (χ2v) is 1.80. The van der Waals surface area contributed by atoms with Crippen molar-refractivity contribution in [3.8, 4) is 0 Å². The number of rotatable bonds is 2. The number of hydrogen-bond acceptors (Lipinski definition) is 2. The van der Waals surface area contributed by atoms with Crippen LogP contribution in [0.25, 0.3) is 0 Å². The van der Waals surface area contributed by atoms with Gasteiger partial charge in [-0.1, -0.05) is 6.92 Å². The number of carbonyl (C=O) groups is 1. The van der Waals surface area contributed by atoms with Gasteiger partial charge in [-0.2, -0.15) is 0 Å². The van der Waals surface area contributed by atoms with Crippen molar-refractivity contribution in [1.82, 2.24) is 0 Å². The number of aliphatic hydroxyl groups is 1. The summed E-state index contributed by atoms with van der Waals surface area (Å²) in [6, 6.07) is 0. The Morgan fingerprint density at radius 1 is 1.88 bits per heavy atom. The van der Waals surface area contributed by atoms with Gasteiger partial charge in [-0.25, -0.2) is 0 Å². The summed E-state index contributed by atoms with van der Waals surface area (Å²) in [5, 5.41) is 8.87. The summed E-state index contributed by atoms with van der Waals surface area (Å²) in [6.07, 6.45) is 1.34. The van der Waals surface area contributed by atoms with Crippen LogP contribution in [0.15, 0.2) is 0 Å². The molecule has 3 nitrogen and oxygen atoms in total. The highest BCUT2D eigenvalue weighted by molar-refractivity contribution is 5.84. The molecule has 0 aliphatic heterocycles. The van der Waals surface area contributed by atoms with Gasteiger partial charge in [-0.3, -0.25) is 4.79 Å². The van der Waals surface area contributed by atoms with Gasteiger partial charge in [0.05, 0.1) is 0 Å². The zero-order valence-corrected chi connectivity index (χ0v) is 5.01. The van der Waals surface area contributed by atoms with Gasteiger partial charge in [0.1, 0.15) is 5.60 Å². The van der Waals surface area contributed by atoms with Gasteiger partial charge in [-0.05, 0) is 13.3 Å². The third kappa shape index (κ3) is 1.50. The maximum absolute atomic E-state index is 10.2. The van der Waals surface area contributed by atoms with Gasteiger partial charge in [0.2, 0.25) is 5.91 Å². The Morgan fingerprint density at radius 3 is 2.25 bits per heavy atom. The van der Waals surface area contributed by atoms with Crippen molar-refractivity contribution in [2.24, 2.45) is 5.73 Å². The Hall–Kier alpha value is -0.570. The molecule has 0 aliphatic carbocycles. The van der Waals surface area contributed by atoms with E-state index in [4.69, 9.17) is 10.8 Å². The smallest absolute Gasteiger partial charge is 0.249 e. The minimum Gasteiger partial charge on any atom is -0.380 e. The van der Waals surface area contributed by atoms with Crippen molar-refractivity contribution in [2.75, 3.05) is 0 Å². The first-order chi connectivity index (χ1) is 3.50. The lowest BCUT2D eigenvalue weighted by atomic mass is 10.0. The van der Waals surface area contributed by atoms with Gasteiger partial charge in [0.15, 0.2) is 0 Å². The predicted molar refractivity (Wildman–Crippen MR) is 29.8 cm³/mol. The summed E-state index contributed by atoms with van der Waals surface area (Å²) in [5.41, 5.74) is 3.32. The van der Waals surface area contributed by atoms with E-state index in [0.717, 1.165) is 0 Å². The molecule has 0 aromatic rings. The minimum atomic E-state index is -1.44. The number of hydrogen-bond donors (Lipinski definition) is 2. The number of primary amides is 1. The highest BCUT2D eigenvalue weighted by Crippen LogP contribution is 2.03. The fraction of sp³-hybridized carbons (Fsp3) is 0.600. The standard InChI is InChI=1S/C5H10NO2/c1-3-5(2,8)4(6)7/h3,8H,1-2H3,(H2,6,7)/t5-/m0/s1. The van der Waals surface area contributed by atoms with Crippen LogP contribution in [-0.2, 0) is 4.79 Å². The lowest BCUT2D eigenvalue weighted by Gasteiger charge is -2.14. The summed E-state index contributed by atoms with van der Waals surface area (Å²) in [7, 11) is 0. The average Bonchev–Trinajstić information content (AvgIpc) is 1.67. The molecule has 8 heavy (non-hydrogen) atoms. The molecule has 0 unspecified atom stereocenters. The average molecular weight is 116 g/mol. The van der Waals surface area contributed by atoms with Gasteiger partial charge < -0.3 is 10.8 Å². The first kappa shape index (κ1) is 7.43. The van der Waals surface area contributed by atoms with Gasteiger partial charge in [0, 0.05) is 0 Å². The van der Waals surface area contributed by atoms with E-state index < -0.39 is 11.5 Å². The van der Waals surface area contributed by atoms with Crippen LogP contribution >= 0.6 is 0 Å². The first-order valence-corrected chi connectivity index (χ1v) is 2.33. The Labute approximate surface area is 48.5 Å². The van der Waals surface area contributed by atoms with E-state index in [1.54, 1.807) is 6.92 Å². The van der Waals surface area contributed by atoms with Crippen LogP contribution < -0.4 is 5.73 Å². The van der Waals surface area contributed by atoms with Crippen LogP contribution in [0.2, 0.25) is 0 Å². The van der Waals surface area contributed by atoms with Gasteiger partial charge in [0.25, 0.3) is 0 Å². The van der Waals surface area contributed by atoms with E-state index in [0.29, 0.717) is 0 Å². The molecule has 1 amide bonds. The summed E-state index contributed by atoms with van der Waals surface area (Å²) in [4.78, 5) is 10.2. The molecule has 0 aliphatic rings. The molecular formula is C5H10NO2. The lowest BCUT2D eigenvalue weighted by molar-refractivity contribution is -0.131. The monoisotopic (exact) mass is 116 g/mol. The topological polar surface area (TPSA) is 63.3 Å². The first-order valence-electron chi connectivity index (χ1n) is 2.33. The normalized spacial score (nSPS) is 17.4. The van der Waals surface area contributed by atoms with Crippen LogP contribution in [0.3, 0.4) is 0 Å². The maximum Gasteiger partial charge on any atom is 0.249 e. The molecule has 0 spiro atoms. The summed E-state index contributed by atoms with van der Waals surface area (Å²) < 4.78 is 0.